The molecule has 11 nitrogen and oxygen atoms in total. The molecule has 0 radical (unpaired) electrons. The third-order valence-electron chi connectivity index (χ3n) is 8.28. The summed E-state index contributed by atoms with van der Waals surface area (Å²) < 4.78 is 11.2. The van der Waals surface area contributed by atoms with E-state index in [-0.39, 0.29) is 37.2 Å². The van der Waals surface area contributed by atoms with Gasteiger partial charge in [0.25, 0.3) is 6.01 Å². The van der Waals surface area contributed by atoms with Crippen LogP contribution in [0.25, 0.3) is 11.1 Å². The fourth-order valence-electron chi connectivity index (χ4n) is 5.81. The lowest BCUT2D eigenvalue weighted by atomic mass is 9.89. The molecule has 0 spiro atoms. The number of para-hydroxylation sites is 1. The summed E-state index contributed by atoms with van der Waals surface area (Å²) in [6.45, 7) is 5.38. The zero-order valence-corrected chi connectivity index (χ0v) is 24.5. The van der Waals surface area contributed by atoms with Gasteiger partial charge < -0.3 is 29.8 Å². The minimum atomic E-state index is -0.921. The normalized spacial score (nSPS) is 18.8. The van der Waals surface area contributed by atoms with E-state index in [1.807, 2.05) is 66.4 Å². The molecule has 0 aliphatic carbocycles. The minimum absolute atomic E-state index is 0.0631. The van der Waals surface area contributed by atoms with Gasteiger partial charge in [0.05, 0.1) is 32.1 Å². The lowest BCUT2D eigenvalue weighted by Crippen LogP contribution is -2.44. The number of amides is 2. The molecule has 2 atom stereocenters. The van der Waals surface area contributed by atoms with Crippen LogP contribution >= 0.6 is 0 Å². The van der Waals surface area contributed by atoms with E-state index in [4.69, 9.17) is 9.15 Å². The number of ether oxygens (including phenoxy) is 1. The van der Waals surface area contributed by atoms with Crippen molar-refractivity contribution < 1.29 is 28.6 Å². The first kappa shape index (κ1) is 29.3. The predicted molar refractivity (Wildman–Crippen MR) is 165 cm³/mol. The molecule has 2 unspecified atom stereocenters. The number of nitrogens with zero attached hydrogens (tertiary/aromatic N) is 3. The molecule has 3 N–H and O–H groups in total. The topological polar surface area (TPSA) is 137 Å². The van der Waals surface area contributed by atoms with Crippen molar-refractivity contribution in [2.75, 3.05) is 56.6 Å². The van der Waals surface area contributed by atoms with Crippen molar-refractivity contribution in [1.29, 1.82) is 0 Å². The van der Waals surface area contributed by atoms with E-state index in [0.29, 0.717) is 55.6 Å². The molecule has 228 valence electrons. The van der Waals surface area contributed by atoms with Gasteiger partial charge in [-0.25, -0.2) is 0 Å². The van der Waals surface area contributed by atoms with Crippen LogP contribution in [0.3, 0.4) is 0 Å². The van der Waals surface area contributed by atoms with Crippen molar-refractivity contribution >= 4 is 46.3 Å². The third-order valence-corrected chi connectivity index (χ3v) is 8.28. The zero-order valence-electron chi connectivity index (χ0n) is 24.5. The average Bonchev–Trinajstić information content (AvgIpc) is 3.64. The summed E-state index contributed by atoms with van der Waals surface area (Å²) in [7, 11) is 0. The van der Waals surface area contributed by atoms with E-state index < -0.39 is 11.9 Å². The van der Waals surface area contributed by atoms with Gasteiger partial charge >= 0.3 is 5.97 Å². The van der Waals surface area contributed by atoms with Crippen molar-refractivity contribution in [3.8, 4) is 0 Å². The van der Waals surface area contributed by atoms with E-state index in [0.717, 1.165) is 22.4 Å². The molecule has 2 saturated heterocycles. The monoisotopic (exact) mass is 597 g/mol. The van der Waals surface area contributed by atoms with Crippen LogP contribution in [-0.2, 0) is 25.5 Å². The fourth-order valence-corrected chi connectivity index (χ4v) is 5.81. The van der Waals surface area contributed by atoms with E-state index in [1.54, 1.807) is 17.0 Å². The van der Waals surface area contributed by atoms with E-state index >= 15 is 0 Å². The molecule has 44 heavy (non-hydrogen) atoms. The summed E-state index contributed by atoms with van der Waals surface area (Å²) >= 11 is 0. The highest BCUT2D eigenvalue weighted by Crippen LogP contribution is 2.34. The first-order chi connectivity index (χ1) is 21.3. The van der Waals surface area contributed by atoms with Crippen LogP contribution in [0, 0.1) is 12.8 Å². The number of morpholine rings is 1. The van der Waals surface area contributed by atoms with E-state index in [9.17, 15) is 19.5 Å². The first-order valence-electron chi connectivity index (χ1n) is 14.7. The summed E-state index contributed by atoms with van der Waals surface area (Å²) in [5.74, 6) is -2.20. The van der Waals surface area contributed by atoms with Gasteiger partial charge in [0.1, 0.15) is 5.52 Å². The van der Waals surface area contributed by atoms with Gasteiger partial charge in [-0.05, 0) is 53.9 Å². The van der Waals surface area contributed by atoms with Crippen LogP contribution in [0.5, 0.6) is 0 Å². The number of hydrogen-bond acceptors (Lipinski definition) is 8. The number of aromatic nitrogens is 1. The molecule has 2 fully saturated rings. The van der Waals surface area contributed by atoms with Gasteiger partial charge in [-0.1, -0.05) is 36.4 Å². The molecular formula is C33H35N5O6. The van der Waals surface area contributed by atoms with Gasteiger partial charge in [0, 0.05) is 43.5 Å². The van der Waals surface area contributed by atoms with Crippen molar-refractivity contribution in [2.45, 2.75) is 19.3 Å². The number of carbonyl (C=O) groups excluding carboxylic acids is 2. The second kappa shape index (κ2) is 12.9. The number of oxazole rings is 1. The lowest BCUT2D eigenvalue weighted by Gasteiger charge is -2.28. The number of aryl methyl sites for hydroxylation is 1. The Morgan fingerprint density at radius 3 is 2.52 bits per heavy atom. The molecule has 0 saturated carbocycles. The van der Waals surface area contributed by atoms with E-state index in [1.165, 1.54) is 0 Å². The van der Waals surface area contributed by atoms with E-state index in [2.05, 4.69) is 15.6 Å². The van der Waals surface area contributed by atoms with Gasteiger partial charge in [-0.15, -0.1) is 0 Å². The van der Waals surface area contributed by atoms with Crippen LogP contribution in [0.4, 0.5) is 17.4 Å². The molecular weight excluding hydrogens is 562 g/mol. The van der Waals surface area contributed by atoms with Crippen LogP contribution < -0.4 is 10.6 Å². The number of hydrogen-bond donors (Lipinski definition) is 3. The van der Waals surface area contributed by atoms with Crippen LogP contribution in [0.15, 0.2) is 71.1 Å². The molecule has 4 aromatic rings. The van der Waals surface area contributed by atoms with Crippen molar-refractivity contribution in [3.63, 3.8) is 0 Å². The number of nitrogens with one attached hydrogen (secondary N) is 2. The SMILES string of the molecule is Cc1ccccc1Nc1nc2ccc(CC(=O)Nc3ccc(C4CN(C(=O)CN5CCOCC5)CC4C(=O)O)cc3)cc2o1. The number of carboxylic acid groups (broad SMARTS) is 1. The summed E-state index contributed by atoms with van der Waals surface area (Å²) in [5, 5.41) is 16.0. The van der Waals surface area contributed by atoms with Gasteiger partial charge in [-0.3, -0.25) is 19.3 Å². The quantitative estimate of drug-likeness (QED) is 0.261. The standard InChI is InChI=1S/C33H35N5O6/c1-21-4-2-3-5-27(21)35-33-36-28-11-6-22(16-29(28)44-33)17-30(39)34-24-9-7-23(8-10-24)25-18-38(19-26(25)32(41)42)31(40)20-37-12-14-43-15-13-37/h2-11,16,25-26H,12-15,17-20H2,1H3,(H,34,39)(H,35,36)(H,41,42). The number of fused-ring (bicyclic) bond motifs is 1. The number of carboxylic acids is 1. The Hall–Kier alpha value is -4.74. The van der Waals surface area contributed by atoms with Crippen LogP contribution in [-0.4, -0.2) is 83.6 Å². The largest absolute Gasteiger partial charge is 0.481 e. The Morgan fingerprint density at radius 1 is 1.00 bits per heavy atom. The zero-order chi connectivity index (χ0) is 30.6. The minimum Gasteiger partial charge on any atom is -0.481 e. The maximum Gasteiger partial charge on any atom is 0.308 e. The molecule has 3 aromatic carbocycles. The molecule has 2 aliphatic rings. The molecule has 6 rings (SSSR count). The molecule has 0 bridgehead atoms. The smallest absolute Gasteiger partial charge is 0.308 e. The highest BCUT2D eigenvalue weighted by Gasteiger charge is 2.40. The molecule has 1 aromatic heterocycles. The summed E-state index contributed by atoms with van der Waals surface area (Å²) in [4.78, 5) is 46.1. The van der Waals surface area contributed by atoms with Crippen molar-refractivity contribution in [1.82, 2.24) is 14.8 Å². The first-order valence-corrected chi connectivity index (χ1v) is 14.7. The Bertz CT molecular complexity index is 1660. The number of carbonyl (C=O) groups is 3. The van der Waals surface area contributed by atoms with Crippen molar-refractivity contribution in [2.24, 2.45) is 5.92 Å². The number of aliphatic carboxylic acids is 1. The highest BCUT2D eigenvalue weighted by molar-refractivity contribution is 5.93. The van der Waals surface area contributed by atoms with Gasteiger partial charge in [-0.2, -0.15) is 4.98 Å². The van der Waals surface area contributed by atoms with Crippen molar-refractivity contribution in [3.05, 3.63) is 83.4 Å². The van der Waals surface area contributed by atoms with Crippen LogP contribution in [0.2, 0.25) is 0 Å². The van der Waals surface area contributed by atoms with Gasteiger partial charge in [0.15, 0.2) is 5.58 Å². The number of rotatable bonds is 9. The fraction of sp³-hybridized carbons (Fsp3) is 0.333. The lowest BCUT2D eigenvalue weighted by molar-refractivity contribution is -0.142. The Morgan fingerprint density at radius 2 is 1.77 bits per heavy atom. The molecule has 2 amide bonds. The molecule has 3 heterocycles. The highest BCUT2D eigenvalue weighted by atomic mass is 16.5. The Kier molecular flexibility index (Phi) is 8.58. The summed E-state index contributed by atoms with van der Waals surface area (Å²) in [6, 6.07) is 20.9. The Labute approximate surface area is 254 Å². The van der Waals surface area contributed by atoms with Gasteiger partial charge in [0.2, 0.25) is 11.8 Å². The molecule has 2 aliphatic heterocycles. The number of likely N-dealkylation sites (tertiary alicyclic amines) is 1. The second-order valence-electron chi connectivity index (χ2n) is 11.3. The maximum atomic E-state index is 12.9. The summed E-state index contributed by atoms with van der Waals surface area (Å²) in [6.07, 6.45) is 0.142. The average molecular weight is 598 g/mol. The maximum absolute atomic E-state index is 12.9. The number of benzene rings is 3. The number of anilines is 3. The summed E-state index contributed by atoms with van der Waals surface area (Å²) in [5.41, 5.74) is 5.46. The third kappa shape index (κ3) is 6.74. The molecule has 11 heteroatoms. The van der Waals surface area contributed by atoms with Crippen LogP contribution in [0.1, 0.15) is 22.6 Å². The Balaban J connectivity index is 1.06. The second-order valence-corrected chi connectivity index (χ2v) is 11.3. The predicted octanol–water partition coefficient (Wildman–Crippen LogP) is 4.02.